The highest BCUT2D eigenvalue weighted by molar-refractivity contribution is 5.86. The van der Waals surface area contributed by atoms with Crippen molar-refractivity contribution in [2.24, 2.45) is 0 Å². The van der Waals surface area contributed by atoms with Crippen LogP contribution in [-0.4, -0.2) is 37.8 Å². The molecule has 3 heterocycles. The summed E-state index contributed by atoms with van der Waals surface area (Å²) in [4.78, 5) is 15.3. The second-order valence-electron chi connectivity index (χ2n) is 8.09. The van der Waals surface area contributed by atoms with E-state index in [9.17, 15) is 9.90 Å². The van der Waals surface area contributed by atoms with E-state index in [1.807, 2.05) is 50.3 Å². The third-order valence-electron chi connectivity index (χ3n) is 6.18. The van der Waals surface area contributed by atoms with E-state index in [0.717, 1.165) is 45.8 Å². The van der Waals surface area contributed by atoms with Gasteiger partial charge in [0.15, 0.2) is 5.60 Å². The SMILES string of the molecule is Cc1cc2n(n1)CCN(C(=O)C1(C)CCc3c(C)c(O)c(C)c(C)c3O1)C2. The number of hydrogen-bond acceptors (Lipinski definition) is 4. The molecule has 1 N–H and O–H groups in total. The van der Waals surface area contributed by atoms with Crippen LogP contribution in [0.3, 0.4) is 0 Å². The minimum atomic E-state index is -0.884. The van der Waals surface area contributed by atoms with E-state index in [1.165, 1.54) is 0 Å². The zero-order valence-corrected chi connectivity index (χ0v) is 16.7. The summed E-state index contributed by atoms with van der Waals surface area (Å²) in [7, 11) is 0. The molecular formula is C21H27N3O3. The summed E-state index contributed by atoms with van der Waals surface area (Å²) < 4.78 is 8.33. The largest absolute Gasteiger partial charge is 0.507 e. The van der Waals surface area contributed by atoms with Crippen LogP contribution in [0.25, 0.3) is 0 Å². The van der Waals surface area contributed by atoms with Gasteiger partial charge in [-0.2, -0.15) is 5.10 Å². The Hall–Kier alpha value is -2.50. The average molecular weight is 369 g/mol. The minimum Gasteiger partial charge on any atom is -0.507 e. The molecule has 1 unspecified atom stereocenters. The van der Waals surface area contributed by atoms with E-state index in [2.05, 4.69) is 5.10 Å². The summed E-state index contributed by atoms with van der Waals surface area (Å²) in [5, 5.41) is 14.8. The highest BCUT2D eigenvalue weighted by Gasteiger charge is 2.43. The number of ether oxygens (including phenoxy) is 1. The van der Waals surface area contributed by atoms with Crippen LogP contribution in [0.2, 0.25) is 0 Å². The van der Waals surface area contributed by atoms with E-state index in [-0.39, 0.29) is 5.91 Å². The Kier molecular flexibility index (Phi) is 3.98. The number of amides is 1. The van der Waals surface area contributed by atoms with Gasteiger partial charge in [0, 0.05) is 18.5 Å². The van der Waals surface area contributed by atoms with Gasteiger partial charge in [0.2, 0.25) is 0 Å². The number of aromatic hydroxyl groups is 1. The quantitative estimate of drug-likeness (QED) is 0.839. The Morgan fingerprint density at radius 1 is 1.19 bits per heavy atom. The number of nitrogens with zero attached hydrogens (tertiary/aromatic N) is 3. The first kappa shape index (κ1) is 17.9. The van der Waals surface area contributed by atoms with Crippen molar-refractivity contribution in [3.63, 3.8) is 0 Å². The predicted octanol–water partition coefficient (Wildman–Crippen LogP) is 2.95. The maximum Gasteiger partial charge on any atom is 0.266 e. The minimum absolute atomic E-state index is 0.0287. The summed E-state index contributed by atoms with van der Waals surface area (Å²) in [6, 6.07) is 2.04. The number of rotatable bonds is 1. The van der Waals surface area contributed by atoms with E-state index in [0.29, 0.717) is 31.8 Å². The van der Waals surface area contributed by atoms with Gasteiger partial charge >= 0.3 is 0 Å². The molecule has 0 radical (unpaired) electrons. The number of aryl methyl sites for hydroxylation is 1. The number of hydrogen-bond donors (Lipinski definition) is 1. The van der Waals surface area contributed by atoms with Gasteiger partial charge in [0.05, 0.1) is 24.5 Å². The molecule has 0 fully saturated rings. The van der Waals surface area contributed by atoms with Gasteiger partial charge in [-0.1, -0.05) is 0 Å². The van der Waals surface area contributed by atoms with Crippen LogP contribution in [0, 0.1) is 27.7 Å². The summed E-state index contributed by atoms with van der Waals surface area (Å²) in [6.45, 7) is 11.6. The molecule has 0 spiro atoms. The van der Waals surface area contributed by atoms with Gasteiger partial charge in [-0.3, -0.25) is 9.48 Å². The van der Waals surface area contributed by atoms with Crippen LogP contribution in [0.1, 0.15) is 47.0 Å². The average Bonchev–Trinajstić information content (AvgIpc) is 3.03. The fraction of sp³-hybridized carbons (Fsp3) is 0.524. The molecule has 2 aliphatic rings. The molecule has 27 heavy (non-hydrogen) atoms. The molecule has 1 aromatic heterocycles. The highest BCUT2D eigenvalue weighted by atomic mass is 16.5. The van der Waals surface area contributed by atoms with Crippen molar-refractivity contribution < 1.29 is 14.6 Å². The van der Waals surface area contributed by atoms with Crippen molar-refractivity contribution in [2.45, 2.75) is 66.2 Å². The molecule has 4 rings (SSSR count). The zero-order chi connectivity index (χ0) is 19.5. The third-order valence-corrected chi connectivity index (χ3v) is 6.18. The third kappa shape index (κ3) is 2.69. The first-order valence-corrected chi connectivity index (χ1v) is 9.54. The molecule has 0 bridgehead atoms. The van der Waals surface area contributed by atoms with Crippen LogP contribution < -0.4 is 4.74 Å². The second-order valence-corrected chi connectivity index (χ2v) is 8.09. The standard InChI is InChI=1S/C21H27N3O3/c1-12-10-16-11-23(8-9-24(16)22-12)20(26)21(5)7-6-17-15(4)18(25)13(2)14(3)19(17)27-21/h10,25H,6-9,11H2,1-5H3. The number of phenolic OH excluding ortho intramolecular Hbond substituents is 1. The molecule has 2 aliphatic heterocycles. The normalized spacial score (nSPS) is 21.4. The van der Waals surface area contributed by atoms with Gasteiger partial charge < -0.3 is 14.7 Å². The number of phenols is 1. The molecule has 144 valence electrons. The van der Waals surface area contributed by atoms with E-state index in [1.54, 1.807) is 0 Å². The number of aromatic nitrogens is 2. The first-order chi connectivity index (χ1) is 12.7. The second kappa shape index (κ2) is 6.01. The molecule has 1 amide bonds. The Morgan fingerprint density at radius 3 is 2.67 bits per heavy atom. The van der Waals surface area contributed by atoms with E-state index in [4.69, 9.17) is 4.74 Å². The Balaban J connectivity index is 1.63. The van der Waals surface area contributed by atoms with Crippen LogP contribution in [-0.2, 0) is 24.3 Å². The van der Waals surface area contributed by atoms with Gasteiger partial charge in [-0.25, -0.2) is 0 Å². The lowest BCUT2D eigenvalue weighted by Gasteiger charge is -2.40. The van der Waals surface area contributed by atoms with Crippen LogP contribution >= 0.6 is 0 Å². The topological polar surface area (TPSA) is 67.6 Å². The molecule has 0 saturated carbocycles. The fourth-order valence-electron chi connectivity index (χ4n) is 4.32. The van der Waals surface area contributed by atoms with Crippen molar-refractivity contribution in [1.82, 2.24) is 14.7 Å². The van der Waals surface area contributed by atoms with Crippen LogP contribution in [0.4, 0.5) is 0 Å². The Labute approximate surface area is 159 Å². The summed E-state index contributed by atoms with van der Waals surface area (Å²) in [6.07, 6.45) is 1.33. The summed E-state index contributed by atoms with van der Waals surface area (Å²) in [5.41, 5.74) is 4.78. The lowest BCUT2D eigenvalue weighted by atomic mass is 9.86. The van der Waals surface area contributed by atoms with Crippen molar-refractivity contribution in [3.8, 4) is 11.5 Å². The molecule has 6 heteroatoms. The van der Waals surface area contributed by atoms with Crippen LogP contribution in [0.15, 0.2) is 6.07 Å². The van der Waals surface area contributed by atoms with E-state index >= 15 is 0 Å². The fourth-order valence-corrected chi connectivity index (χ4v) is 4.32. The number of carbonyl (C=O) groups is 1. The van der Waals surface area contributed by atoms with Crippen molar-refractivity contribution in [2.75, 3.05) is 6.54 Å². The molecule has 1 aromatic carbocycles. The summed E-state index contributed by atoms with van der Waals surface area (Å²) >= 11 is 0. The van der Waals surface area contributed by atoms with Crippen molar-refractivity contribution in [1.29, 1.82) is 0 Å². The smallest absolute Gasteiger partial charge is 0.266 e. The Morgan fingerprint density at radius 2 is 1.93 bits per heavy atom. The first-order valence-electron chi connectivity index (χ1n) is 9.54. The molecular weight excluding hydrogens is 342 g/mol. The zero-order valence-electron chi connectivity index (χ0n) is 16.7. The lowest BCUT2D eigenvalue weighted by Crippen LogP contribution is -2.54. The van der Waals surface area contributed by atoms with Gasteiger partial charge in [0.1, 0.15) is 11.5 Å². The molecule has 1 atom stereocenters. The summed E-state index contributed by atoms with van der Waals surface area (Å²) in [5.74, 6) is 1.13. The molecule has 0 saturated heterocycles. The molecule has 2 aromatic rings. The van der Waals surface area contributed by atoms with Gasteiger partial charge in [-0.05, 0) is 63.8 Å². The number of benzene rings is 1. The molecule has 0 aliphatic carbocycles. The molecule has 6 nitrogen and oxygen atoms in total. The van der Waals surface area contributed by atoms with Crippen molar-refractivity contribution in [3.05, 3.63) is 39.7 Å². The van der Waals surface area contributed by atoms with Crippen LogP contribution in [0.5, 0.6) is 11.5 Å². The van der Waals surface area contributed by atoms with Gasteiger partial charge in [-0.15, -0.1) is 0 Å². The highest BCUT2D eigenvalue weighted by Crippen LogP contribution is 2.43. The number of fused-ring (bicyclic) bond motifs is 2. The van der Waals surface area contributed by atoms with Gasteiger partial charge in [0.25, 0.3) is 5.91 Å². The maximum atomic E-state index is 13.4. The Bertz CT molecular complexity index is 947. The van der Waals surface area contributed by atoms with Crippen molar-refractivity contribution >= 4 is 5.91 Å². The maximum absolute atomic E-state index is 13.4. The predicted molar refractivity (Wildman–Crippen MR) is 102 cm³/mol. The lowest BCUT2D eigenvalue weighted by molar-refractivity contribution is -0.150. The monoisotopic (exact) mass is 369 g/mol. The van der Waals surface area contributed by atoms with E-state index < -0.39 is 5.60 Å². The number of carbonyl (C=O) groups excluding carboxylic acids is 1.